The van der Waals surface area contributed by atoms with E-state index in [1.807, 2.05) is 0 Å². The molecule has 0 bridgehead atoms. The van der Waals surface area contributed by atoms with Gasteiger partial charge >= 0.3 is 5.97 Å². The number of carboxylic acids is 1. The molecule has 7 nitrogen and oxygen atoms in total. The number of aliphatic hydroxyl groups excluding tert-OH is 1. The first-order valence-corrected chi connectivity index (χ1v) is 6.35. The van der Waals surface area contributed by atoms with Crippen LogP contribution in [-0.2, 0) is 14.8 Å². The van der Waals surface area contributed by atoms with Gasteiger partial charge in [-0.05, 0) is 18.2 Å². The van der Waals surface area contributed by atoms with Crippen LogP contribution in [0.1, 0.15) is 5.56 Å². The summed E-state index contributed by atoms with van der Waals surface area (Å²) in [6, 6.07) is 2.18. The number of rotatable bonds is 5. The van der Waals surface area contributed by atoms with Crippen LogP contribution in [0.5, 0.6) is 0 Å². The Kier molecular flexibility index (Phi) is 4.55. The summed E-state index contributed by atoms with van der Waals surface area (Å²) in [5, 5.41) is 25.9. The van der Waals surface area contributed by atoms with E-state index < -0.39 is 44.9 Å². The topological polar surface area (TPSA) is 127 Å². The monoisotopic (exact) mass is 288 g/mol. The van der Waals surface area contributed by atoms with Gasteiger partial charge in [-0.1, -0.05) is 0 Å². The summed E-state index contributed by atoms with van der Waals surface area (Å²) in [6.07, 6.45) is 0. The molecule has 0 radical (unpaired) electrons. The van der Waals surface area contributed by atoms with Crippen molar-refractivity contribution in [3.05, 3.63) is 29.6 Å². The molecule has 0 saturated heterocycles. The van der Waals surface area contributed by atoms with Crippen molar-refractivity contribution in [3.8, 4) is 6.07 Å². The molecule has 1 aromatic rings. The van der Waals surface area contributed by atoms with Crippen molar-refractivity contribution in [1.29, 1.82) is 5.26 Å². The second-order valence-corrected chi connectivity index (χ2v) is 5.16. The molecule has 0 unspecified atom stereocenters. The highest BCUT2D eigenvalue weighted by Gasteiger charge is 2.25. The second-order valence-electron chi connectivity index (χ2n) is 3.45. The zero-order valence-electron chi connectivity index (χ0n) is 9.37. The van der Waals surface area contributed by atoms with Crippen molar-refractivity contribution in [2.45, 2.75) is 10.9 Å². The molecular weight excluding hydrogens is 279 g/mol. The molecule has 0 aliphatic carbocycles. The van der Waals surface area contributed by atoms with E-state index in [-0.39, 0.29) is 0 Å². The second kappa shape index (κ2) is 5.75. The number of carbonyl (C=O) groups is 1. The quantitative estimate of drug-likeness (QED) is 0.665. The molecule has 0 aliphatic rings. The van der Waals surface area contributed by atoms with Crippen LogP contribution < -0.4 is 4.72 Å². The molecule has 0 heterocycles. The van der Waals surface area contributed by atoms with Gasteiger partial charge in [0.15, 0.2) is 0 Å². The highest BCUT2D eigenvalue weighted by atomic mass is 32.2. The van der Waals surface area contributed by atoms with Crippen LogP contribution in [0.3, 0.4) is 0 Å². The van der Waals surface area contributed by atoms with Crippen molar-refractivity contribution >= 4 is 16.0 Å². The Labute approximate surface area is 108 Å². The summed E-state index contributed by atoms with van der Waals surface area (Å²) in [5.74, 6) is -2.45. The predicted octanol–water partition coefficient (Wildman–Crippen LogP) is -0.579. The van der Waals surface area contributed by atoms with E-state index in [0.29, 0.717) is 0 Å². The summed E-state index contributed by atoms with van der Waals surface area (Å²) in [5.41, 5.74) is -0.487. The lowest BCUT2D eigenvalue weighted by Gasteiger charge is -2.12. The van der Waals surface area contributed by atoms with Gasteiger partial charge in [0, 0.05) is 0 Å². The molecule has 0 amide bonds. The minimum Gasteiger partial charge on any atom is -0.480 e. The number of hydrogen-bond acceptors (Lipinski definition) is 5. The minimum absolute atomic E-state index is 0.467. The van der Waals surface area contributed by atoms with Gasteiger partial charge in [0.1, 0.15) is 17.9 Å². The first-order chi connectivity index (χ1) is 8.81. The van der Waals surface area contributed by atoms with Crippen LogP contribution in [-0.4, -0.2) is 37.2 Å². The van der Waals surface area contributed by atoms with Crippen LogP contribution in [0.4, 0.5) is 4.39 Å². The molecule has 9 heteroatoms. The molecule has 102 valence electrons. The standard InChI is InChI=1S/C10H9FN2O5S/c11-8-2-1-7(3-6(8)4-12)19(17,18)13-9(5-14)10(15)16/h1-3,9,13-14H,5H2,(H,15,16)/t9-/m1/s1. The molecule has 0 saturated carbocycles. The number of nitriles is 1. The maximum Gasteiger partial charge on any atom is 0.324 e. The van der Waals surface area contributed by atoms with Crippen LogP contribution in [0.15, 0.2) is 23.1 Å². The van der Waals surface area contributed by atoms with Crippen molar-refractivity contribution in [2.24, 2.45) is 0 Å². The summed E-state index contributed by atoms with van der Waals surface area (Å²) in [6.45, 7) is -0.944. The van der Waals surface area contributed by atoms with Gasteiger partial charge in [-0.3, -0.25) is 4.79 Å². The highest BCUT2D eigenvalue weighted by Crippen LogP contribution is 2.14. The molecule has 19 heavy (non-hydrogen) atoms. The molecule has 3 N–H and O–H groups in total. The van der Waals surface area contributed by atoms with Crippen molar-refractivity contribution in [2.75, 3.05) is 6.61 Å². The van der Waals surface area contributed by atoms with E-state index in [2.05, 4.69) is 0 Å². The third-order valence-corrected chi connectivity index (χ3v) is 3.62. The lowest BCUT2D eigenvalue weighted by Crippen LogP contribution is -2.43. The molecule has 1 aromatic carbocycles. The lowest BCUT2D eigenvalue weighted by molar-refractivity contribution is -0.139. The van der Waals surface area contributed by atoms with E-state index in [1.54, 1.807) is 4.72 Å². The molecular formula is C10H9FN2O5S. The zero-order chi connectivity index (χ0) is 14.6. The third-order valence-electron chi connectivity index (χ3n) is 2.15. The van der Waals surface area contributed by atoms with Crippen molar-refractivity contribution < 1.29 is 27.8 Å². The summed E-state index contributed by atoms with van der Waals surface area (Å²) >= 11 is 0. The molecule has 0 fully saturated rings. The number of aliphatic hydroxyl groups is 1. The highest BCUT2D eigenvalue weighted by molar-refractivity contribution is 7.89. The van der Waals surface area contributed by atoms with Crippen LogP contribution in [0.25, 0.3) is 0 Å². The van der Waals surface area contributed by atoms with Crippen LogP contribution in [0.2, 0.25) is 0 Å². The Morgan fingerprint density at radius 1 is 1.53 bits per heavy atom. The first-order valence-electron chi connectivity index (χ1n) is 4.87. The van der Waals surface area contributed by atoms with Gasteiger partial charge < -0.3 is 10.2 Å². The van der Waals surface area contributed by atoms with Crippen molar-refractivity contribution in [1.82, 2.24) is 4.72 Å². The van der Waals surface area contributed by atoms with Gasteiger partial charge in [-0.2, -0.15) is 9.98 Å². The summed E-state index contributed by atoms with van der Waals surface area (Å²) < 4.78 is 38.3. The van der Waals surface area contributed by atoms with E-state index in [0.717, 1.165) is 18.2 Å². The van der Waals surface area contributed by atoms with E-state index in [4.69, 9.17) is 15.5 Å². The molecule has 0 aliphatic heterocycles. The Morgan fingerprint density at radius 3 is 2.63 bits per heavy atom. The van der Waals surface area contributed by atoms with Gasteiger partial charge in [0.25, 0.3) is 0 Å². The smallest absolute Gasteiger partial charge is 0.324 e. The Bertz CT molecular complexity index is 638. The molecule has 1 atom stereocenters. The average Bonchev–Trinajstić information content (AvgIpc) is 2.36. The van der Waals surface area contributed by atoms with Gasteiger partial charge in [0.2, 0.25) is 10.0 Å². The number of aliphatic carboxylic acids is 1. The molecule has 0 aromatic heterocycles. The largest absolute Gasteiger partial charge is 0.480 e. The fraction of sp³-hybridized carbons (Fsp3) is 0.200. The van der Waals surface area contributed by atoms with E-state index in [1.165, 1.54) is 6.07 Å². The Hall–Kier alpha value is -2.02. The van der Waals surface area contributed by atoms with Gasteiger partial charge in [-0.25, -0.2) is 12.8 Å². The van der Waals surface area contributed by atoms with E-state index >= 15 is 0 Å². The number of benzene rings is 1. The summed E-state index contributed by atoms with van der Waals surface area (Å²) in [4.78, 5) is 10.2. The lowest BCUT2D eigenvalue weighted by atomic mass is 10.2. The maximum absolute atomic E-state index is 13.0. The fourth-order valence-corrected chi connectivity index (χ4v) is 2.38. The predicted molar refractivity (Wildman–Crippen MR) is 59.9 cm³/mol. The number of nitrogens with one attached hydrogen (secondary N) is 1. The van der Waals surface area contributed by atoms with Crippen molar-refractivity contribution in [3.63, 3.8) is 0 Å². The molecule has 0 spiro atoms. The number of sulfonamides is 1. The maximum atomic E-state index is 13.0. The Balaban J connectivity index is 3.14. The minimum atomic E-state index is -4.27. The number of hydrogen-bond donors (Lipinski definition) is 3. The third kappa shape index (κ3) is 3.47. The average molecular weight is 288 g/mol. The van der Waals surface area contributed by atoms with Gasteiger partial charge in [-0.15, -0.1) is 0 Å². The summed E-state index contributed by atoms with van der Waals surface area (Å²) in [7, 11) is -4.27. The van der Waals surface area contributed by atoms with Crippen LogP contribution >= 0.6 is 0 Å². The van der Waals surface area contributed by atoms with Gasteiger partial charge in [0.05, 0.1) is 17.1 Å². The fourth-order valence-electron chi connectivity index (χ4n) is 1.18. The SMILES string of the molecule is N#Cc1cc(S(=O)(=O)N[C@H](CO)C(=O)O)ccc1F. The van der Waals surface area contributed by atoms with Crippen LogP contribution in [0, 0.1) is 17.1 Å². The zero-order valence-corrected chi connectivity index (χ0v) is 10.2. The first kappa shape index (κ1) is 15.0. The number of carboxylic acid groups (broad SMARTS) is 1. The normalized spacial score (nSPS) is 12.7. The number of halogens is 1. The van der Waals surface area contributed by atoms with E-state index in [9.17, 15) is 17.6 Å². The Morgan fingerprint density at radius 2 is 2.16 bits per heavy atom. The number of nitrogens with zero attached hydrogens (tertiary/aromatic N) is 1. The molecule has 1 rings (SSSR count).